The average Bonchev–Trinajstić information content (AvgIpc) is 2.53. The molecular weight excluding hydrogens is 513 g/mol. The van der Waals surface area contributed by atoms with Gasteiger partial charge in [-0.15, -0.1) is 0 Å². The van der Waals surface area contributed by atoms with Gasteiger partial charge < -0.3 is 29.7 Å². The van der Waals surface area contributed by atoms with Crippen molar-refractivity contribution in [1.82, 2.24) is 19.6 Å². The second kappa shape index (κ2) is 14.5. The van der Waals surface area contributed by atoms with E-state index in [0.29, 0.717) is 52.4 Å². The Hall–Kier alpha value is -0.425. The first kappa shape index (κ1) is 27.6. The van der Waals surface area contributed by atoms with Gasteiger partial charge in [-0.3, -0.25) is 19.6 Å². The van der Waals surface area contributed by atoms with Crippen molar-refractivity contribution in [3.05, 3.63) is 0 Å². The summed E-state index contributed by atoms with van der Waals surface area (Å²) in [6, 6.07) is 0.220. The number of hydrogen-bond donors (Lipinski definition) is 0. The van der Waals surface area contributed by atoms with Gasteiger partial charge in [-0.1, -0.05) is 0 Å². The zero-order chi connectivity index (χ0) is 20.4. The molecule has 0 N–H and O–H groups in total. The molecule has 161 valence electrons. The summed E-state index contributed by atoms with van der Waals surface area (Å²) in [5.74, 6) is -3.58. The average molecular weight is 543 g/mol. The Morgan fingerprint density at radius 3 is 1.11 bits per heavy atom. The Balaban J connectivity index is 0.00000729. The summed E-state index contributed by atoms with van der Waals surface area (Å²) in [5.41, 5.74) is 0. The van der Waals surface area contributed by atoms with Crippen molar-refractivity contribution in [2.45, 2.75) is 19.9 Å². The summed E-state index contributed by atoms with van der Waals surface area (Å²) >= 11 is 0. The number of aliphatic carboxylic acids is 3. The fourth-order valence-corrected chi connectivity index (χ4v) is 3.09. The molecule has 0 aromatic rings. The van der Waals surface area contributed by atoms with Crippen LogP contribution in [-0.2, 0) is 14.4 Å². The number of carbonyl (C=O) groups excluding carboxylic acids is 3. The minimum Gasteiger partial charge on any atom is -0.549 e. The molecule has 0 aliphatic carbocycles. The molecule has 1 fully saturated rings. The molecule has 0 unspecified atom stereocenters. The third-order valence-electron chi connectivity index (χ3n) is 4.66. The number of carboxylic acid groups (broad SMARTS) is 3. The normalized spacial score (nSPS) is 19.4. The van der Waals surface area contributed by atoms with Crippen LogP contribution in [0.4, 0.5) is 0 Å². The molecule has 0 saturated carbocycles. The molecule has 0 spiro atoms. The van der Waals surface area contributed by atoms with Crippen LogP contribution >= 0.6 is 0 Å². The third kappa shape index (κ3) is 12.2. The molecule has 1 aliphatic heterocycles. The Kier molecular flexibility index (Phi) is 14.3. The largest absolute Gasteiger partial charge is 3.00 e. The van der Waals surface area contributed by atoms with Gasteiger partial charge in [0.15, 0.2) is 0 Å². The van der Waals surface area contributed by atoms with Crippen LogP contribution in [0.15, 0.2) is 0 Å². The van der Waals surface area contributed by atoms with E-state index in [1.54, 1.807) is 14.7 Å². The molecule has 0 bridgehead atoms. The Morgan fingerprint density at radius 1 is 0.643 bits per heavy atom. The topological polar surface area (TPSA) is 133 Å². The third-order valence-corrected chi connectivity index (χ3v) is 4.66. The van der Waals surface area contributed by atoms with Crippen LogP contribution in [-0.4, -0.2) is 116 Å². The zero-order valence-electron chi connectivity index (χ0n) is 16.4. The van der Waals surface area contributed by atoms with Crippen LogP contribution in [0.3, 0.4) is 0 Å². The molecular formula is C17H29GdN4O6. The Bertz CT molecular complexity index is 476. The maximum Gasteiger partial charge on any atom is 3.00 e. The van der Waals surface area contributed by atoms with Crippen LogP contribution in [0.5, 0.6) is 0 Å². The number of rotatable bonds is 7. The SMILES string of the molecule is CC(C)N1CCN(CC(=O)[O-])CCN(CC(=O)[O-])CCN(CC(=O)[O-])CC1.[Gd+3]. The summed E-state index contributed by atoms with van der Waals surface area (Å²) in [5, 5.41) is 33.0. The minimum atomic E-state index is -1.23. The summed E-state index contributed by atoms with van der Waals surface area (Å²) in [7, 11) is 0. The standard InChI is InChI=1S/C17H32N4O6.Gd/c1-14(2)21-9-7-19(12-16(24)25)5-3-18(11-15(22)23)4-6-20(8-10-21)13-17(26)27;/h14H,3-13H2,1-2H3,(H,22,23)(H,24,25)(H,26,27);/q;+3/p-3. The predicted octanol–water partition coefficient (Wildman–Crippen LogP) is -5.13. The number of hydrogen-bond acceptors (Lipinski definition) is 10. The van der Waals surface area contributed by atoms with E-state index in [4.69, 9.17) is 0 Å². The first-order valence-electron chi connectivity index (χ1n) is 9.18. The van der Waals surface area contributed by atoms with Crippen molar-refractivity contribution < 1.29 is 69.6 Å². The van der Waals surface area contributed by atoms with Gasteiger partial charge in [0, 0.05) is 78.0 Å². The van der Waals surface area contributed by atoms with E-state index in [9.17, 15) is 29.7 Å². The van der Waals surface area contributed by atoms with Gasteiger partial charge >= 0.3 is 39.9 Å². The molecule has 1 rings (SSSR count). The van der Waals surface area contributed by atoms with Crippen molar-refractivity contribution in [1.29, 1.82) is 0 Å². The fourth-order valence-electron chi connectivity index (χ4n) is 3.09. The van der Waals surface area contributed by atoms with Crippen molar-refractivity contribution >= 4 is 17.9 Å². The molecule has 1 aliphatic rings. The van der Waals surface area contributed by atoms with E-state index in [1.807, 2.05) is 13.8 Å². The van der Waals surface area contributed by atoms with Crippen LogP contribution in [0, 0.1) is 39.9 Å². The van der Waals surface area contributed by atoms with Gasteiger partial charge in [0.05, 0.1) is 17.9 Å². The molecule has 1 saturated heterocycles. The van der Waals surface area contributed by atoms with Gasteiger partial charge in [-0.2, -0.15) is 0 Å². The summed E-state index contributed by atoms with van der Waals surface area (Å²) < 4.78 is 0. The van der Waals surface area contributed by atoms with E-state index < -0.39 is 17.9 Å². The van der Waals surface area contributed by atoms with E-state index in [0.717, 1.165) is 0 Å². The number of carboxylic acids is 3. The van der Waals surface area contributed by atoms with E-state index in [1.165, 1.54) is 0 Å². The molecule has 11 heteroatoms. The van der Waals surface area contributed by atoms with E-state index in [2.05, 4.69) is 4.90 Å². The van der Waals surface area contributed by atoms with Crippen LogP contribution in [0.25, 0.3) is 0 Å². The molecule has 0 atom stereocenters. The van der Waals surface area contributed by atoms with Crippen LogP contribution < -0.4 is 15.3 Å². The zero-order valence-corrected chi connectivity index (χ0v) is 18.7. The number of nitrogens with zero attached hydrogens (tertiary/aromatic N) is 4. The van der Waals surface area contributed by atoms with Gasteiger partial charge in [0.2, 0.25) is 0 Å². The van der Waals surface area contributed by atoms with Crippen LogP contribution in [0.1, 0.15) is 13.8 Å². The smallest absolute Gasteiger partial charge is 0.549 e. The molecule has 0 aromatic heterocycles. The first-order chi connectivity index (χ1) is 12.7. The van der Waals surface area contributed by atoms with Crippen molar-refractivity contribution in [2.24, 2.45) is 0 Å². The van der Waals surface area contributed by atoms with Gasteiger partial charge in [0.1, 0.15) is 0 Å². The molecule has 0 aromatic carbocycles. The van der Waals surface area contributed by atoms with Crippen molar-refractivity contribution in [3.63, 3.8) is 0 Å². The van der Waals surface area contributed by atoms with Gasteiger partial charge in [0.25, 0.3) is 0 Å². The van der Waals surface area contributed by atoms with Gasteiger partial charge in [-0.25, -0.2) is 0 Å². The Morgan fingerprint density at radius 2 is 0.893 bits per heavy atom. The van der Waals surface area contributed by atoms with Gasteiger partial charge in [-0.05, 0) is 13.8 Å². The molecule has 1 heterocycles. The second-order valence-electron chi connectivity index (χ2n) is 7.07. The first-order valence-corrected chi connectivity index (χ1v) is 9.18. The fraction of sp³-hybridized carbons (Fsp3) is 0.824. The van der Waals surface area contributed by atoms with E-state index in [-0.39, 0.29) is 65.6 Å². The van der Waals surface area contributed by atoms with Crippen molar-refractivity contribution in [2.75, 3.05) is 72.0 Å². The summed E-state index contributed by atoms with van der Waals surface area (Å²) in [6.45, 7) is 6.94. The Labute approximate surface area is 198 Å². The predicted molar refractivity (Wildman–Crippen MR) is 91.1 cm³/mol. The summed E-state index contributed by atoms with van der Waals surface area (Å²) in [4.78, 5) is 40.2. The molecule has 28 heavy (non-hydrogen) atoms. The van der Waals surface area contributed by atoms with E-state index >= 15 is 0 Å². The monoisotopic (exact) mass is 543 g/mol. The minimum absolute atomic E-state index is 0. The maximum absolute atomic E-state index is 11.0. The summed E-state index contributed by atoms with van der Waals surface area (Å²) in [6.07, 6.45) is 0. The molecule has 0 amide bonds. The molecule has 1 radical (unpaired) electrons. The van der Waals surface area contributed by atoms with Crippen molar-refractivity contribution in [3.8, 4) is 0 Å². The van der Waals surface area contributed by atoms with Crippen LogP contribution in [0.2, 0.25) is 0 Å². The second-order valence-corrected chi connectivity index (χ2v) is 7.07. The molecule has 10 nitrogen and oxygen atoms in total. The quantitative estimate of drug-likeness (QED) is 0.308. The maximum atomic E-state index is 11.0. The number of carbonyl (C=O) groups is 3.